The molecule has 2 amide bonds. The molecule has 0 aliphatic heterocycles. The Morgan fingerprint density at radius 2 is 1.54 bits per heavy atom. The van der Waals surface area contributed by atoms with E-state index < -0.39 is 11.6 Å². The maximum absolute atomic E-state index is 13.5. The minimum atomic E-state index is -0.748. The molecule has 0 spiro atoms. The zero-order valence-corrected chi connectivity index (χ0v) is 20.8. The van der Waals surface area contributed by atoms with Crippen LogP contribution in [0.5, 0.6) is 5.75 Å². The van der Waals surface area contributed by atoms with Crippen LogP contribution in [0.2, 0.25) is 0 Å². The third-order valence-corrected chi connectivity index (χ3v) is 5.42. The number of halogens is 1. The van der Waals surface area contributed by atoms with Crippen LogP contribution >= 0.6 is 0 Å². The lowest BCUT2D eigenvalue weighted by atomic mass is 10.0. The summed E-state index contributed by atoms with van der Waals surface area (Å²) in [7, 11) is 0. The first kappa shape index (κ1) is 25.9. The molecule has 0 radical (unpaired) electrons. The number of carbonyl (C=O) groups excluding carboxylic acids is 2. The molecule has 0 aliphatic rings. The van der Waals surface area contributed by atoms with E-state index in [4.69, 9.17) is 4.74 Å². The van der Waals surface area contributed by atoms with Crippen LogP contribution in [-0.4, -0.2) is 34.9 Å². The molecule has 3 aromatic carbocycles. The van der Waals surface area contributed by atoms with Crippen LogP contribution in [0.15, 0.2) is 78.9 Å². The van der Waals surface area contributed by atoms with Gasteiger partial charge in [0, 0.05) is 18.5 Å². The van der Waals surface area contributed by atoms with Crippen LogP contribution in [0.25, 0.3) is 0 Å². The summed E-state index contributed by atoms with van der Waals surface area (Å²) in [6.45, 7) is 7.71. The predicted molar refractivity (Wildman–Crippen MR) is 135 cm³/mol. The Balaban J connectivity index is 1.91. The van der Waals surface area contributed by atoms with Crippen molar-refractivity contribution >= 4 is 11.8 Å². The van der Waals surface area contributed by atoms with Crippen molar-refractivity contribution in [3.05, 3.63) is 101 Å². The number of ether oxygens (including phenoxy) is 1. The lowest BCUT2D eigenvalue weighted by Gasteiger charge is -2.33. The first-order valence-electron chi connectivity index (χ1n) is 11.7. The molecule has 3 rings (SSSR count). The predicted octanol–water partition coefficient (Wildman–Crippen LogP) is 5.07. The second-order valence-electron chi connectivity index (χ2n) is 9.69. The SMILES string of the molecule is Cc1ccc(CN(C(=O)COc2ccc(F)cc2)[C@H](Cc2ccccc2)C(=O)NC(C)(C)C)cc1. The van der Waals surface area contributed by atoms with Gasteiger partial charge in [0.15, 0.2) is 6.61 Å². The van der Waals surface area contributed by atoms with Gasteiger partial charge in [-0.2, -0.15) is 0 Å². The first-order valence-corrected chi connectivity index (χ1v) is 11.7. The minimum Gasteiger partial charge on any atom is -0.484 e. The molecule has 0 fully saturated rings. The maximum Gasteiger partial charge on any atom is 0.261 e. The smallest absolute Gasteiger partial charge is 0.261 e. The Labute approximate surface area is 206 Å². The molecule has 1 N–H and O–H groups in total. The van der Waals surface area contributed by atoms with Gasteiger partial charge in [0.25, 0.3) is 5.91 Å². The molecule has 0 heterocycles. The fraction of sp³-hybridized carbons (Fsp3) is 0.310. The highest BCUT2D eigenvalue weighted by Crippen LogP contribution is 2.18. The van der Waals surface area contributed by atoms with Crippen molar-refractivity contribution in [2.75, 3.05) is 6.61 Å². The van der Waals surface area contributed by atoms with Gasteiger partial charge in [-0.05, 0) is 63.1 Å². The van der Waals surface area contributed by atoms with Crippen molar-refractivity contribution in [1.29, 1.82) is 0 Å². The van der Waals surface area contributed by atoms with E-state index in [1.807, 2.05) is 82.3 Å². The normalized spacial score (nSPS) is 12.0. The Morgan fingerprint density at radius 1 is 0.914 bits per heavy atom. The number of rotatable bonds is 9. The van der Waals surface area contributed by atoms with E-state index in [-0.39, 0.29) is 30.8 Å². The summed E-state index contributed by atoms with van der Waals surface area (Å²) in [5.74, 6) is -0.566. The molecule has 0 unspecified atom stereocenters. The van der Waals surface area contributed by atoms with Crippen molar-refractivity contribution < 1.29 is 18.7 Å². The van der Waals surface area contributed by atoms with Crippen LogP contribution in [0.4, 0.5) is 4.39 Å². The second-order valence-corrected chi connectivity index (χ2v) is 9.69. The van der Waals surface area contributed by atoms with Crippen LogP contribution < -0.4 is 10.1 Å². The minimum absolute atomic E-state index is 0.233. The molecule has 35 heavy (non-hydrogen) atoms. The lowest BCUT2D eigenvalue weighted by molar-refractivity contribution is -0.143. The van der Waals surface area contributed by atoms with E-state index in [1.165, 1.54) is 24.3 Å². The topological polar surface area (TPSA) is 58.6 Å². The van der Waals surface area contributed by atoms with Gasteiger partial charge in [-0.15, -0.1) is 0 Å². The van der Waals surface area contributed by atoms with E-state index in [2.05, 4.69) is 5.32 Å². The van der Waals surface area contributed by atoms with E-state index in [0.717, 1.165) is 16.7 Å². The quantitative estimate of drug-likeness (QED) is 0.469. The lowest BCUT2D eigenvalue weighted by Crippen LogP contribution is -2.55. The number of nitrogens with zero attached hydrogens (tertiary/aromatic N) is 1. The van der Waals surface area contributed by atoms with Crippen LogP contribution in [0.3, 0.4) is 0 Å². The van der Waals surface area contributed by atoms with Gasteiger partial charge in [-0.25, -0.2) is 4.39 Å². The van der Waals surface area contributed by atoms with Gasteiger partial charge < -0.3 is 15.0 Å². The second kappa shape index (κ2) is 11.6. The first-order chi connectivity index (χ1) is 16.6. The van der Waals surface area contributed by atoms with E-state index in [0.29, 0.717) is 12.2 Å². The summed E-state index contributed by atoms with van der Waals surface area (Å²) in [5, 5.41) is 3.03. The molecule has 5 nitrogen and oxygen atoms in total. The van der Waals surface area contributed by atoms with Crippen molar-refractivity contribution in [1.82, 2.24) is 10.2 Å². The Hall–Kier alpha value is -3.67. The van der Waals surface area contributed by atoms with Gasteiger partial charge in [-0.3, -0.25) is 9.59 Å². The molecule has 0 saturated heterocycles. The number of nitrogens with one attached hydrogen (secondary N) is 1. The Morgan fingerprint density at radius 3 is 2.14 bits per heavy atom. The van der Waals surface area contributed by atoms with Crippen molar-refractivity contribution in [3.8, 4) is 5.75 Å². The third kappa shape index (κ3) is 8.25. The average molecular weight is 477 g/mol. The monoisotopic (exact) mass is 476 g/mol. The standard InChI is InChI=1S/C29H33FN2O3/c1-21-10-12-23(13-11-21)19-32(27(33)20-35-25-16-14-24(30)15-17-25)26(28(34)31-29(2,3)4)18-22-8-6-5-7-9-22/h5-17,26H,18-20H2,1-4H3,(H,31,34)/t26-/m1/s1. The number of amides is 2. The summed E-state index contributed by atoms with van der Waals surface area (Å²) in [4.78, 5) is 28.6. The molecule has 0 bridgehead atoms. The Bertz CT molecular complexity index is 1110. The van der Waals surface area contributed by atoms with E-state index in [9.17, 15) is 14.0 Å². The maximum atomic E-state index is 13.5. The number of hydrogen-bond donors (Lipinski definition) is 1. The van der Waals surface area contributed by atoms with Gasteiger partial charge in [0.05, 0.1) is 0 Å². The number of benzene rings is 3. The highest BCUT2D eigenvalue weighted by Gasteiger charge is 2.32. The van der Waals surface area contributed by atoms with E-state index >= 15 is 0 Å². The highest BCUT2D eigenvalue weighted by molar-refractivity contribution is 5.89. The molecule has 184 valence electrons. The van der Waals surface area contributed by atoms with Gasteiger partial charge in [0.1, 0.15) is 17.6 Å². The average Bonchev–Trinajstić information content (AvgIpc) is 2.81. The number of carbonyl (C=O) groups is 2. The molecule has 3 aromatic rings. The third-order valence-electron chi connectivity index (χ3n) is 5.42. The molecular weight excluding hydrogens is 443 g/mol. The summed E-state index contributed by atoms with van der Waals surface area (Å²) in [6.07, 6.45) is 0.358. The zero-order chi connectivity index (χ0) is 25.4. The fourth-order valence-corrected chi connectivity index (χ4v) is 3.66. The fourth-order valence-electron chi connectivity index (χ4n) is 3.66. The van der Waals surface area contributed by atoms with Crippen LogP contribution in [-0.2, 0) is 22.6 Å². The van der Waals surface area contributed by atoms with Gasteiger partial charge in [-0.1, -0.05) is 60.2 Å². The van der Waals surface area contributed by atoms with Crippen LogP contribution in [0, 0.1) is 12.7 Å². The highest BCUT2D eigenvalue weighted by atomic mass is 19.1. The molecular formula is C29H33FN2O3. The summed E-state index contributed by atoms with van der Waals surface area (Å²) >= 11 is 0. The molecule has 0 aliphatic carbocycles. The van der Waals surface area contributed by atoms with Crippen molar-refractivity contribution in [3.63, 3.8) is 0 Å². The summed E-state index contributed by atoms with van der Waals surface area (Å²) in [5.41, 5.74) is 2.50. The largest absolute Gasteiger partial charge is 0.484 e. The summed E-state index contributed by atoms with van der Waals surface area (Å²) in [6, 6.07) is 22.3. The zero-order valence-electron chi connectivity index (χ0n) is 20.8. The van der Waals surface area contributed by atoms with E-state index in [1.54, 1.807) is 4.90 Å². The van der Waals surface area contributed by atoms with Gasteiger partial charge in [0.2, 0.25) is 5.91 Å². The molecule has 1 atom stereocenters. The van der Waals surface area contributed by atoms with Crippen molar-refractivity contribution in [2.45, 2.75) is 52.2 Å². The Kier molecular flexibility index (Phi) is 8.63. The van der Waals surface area contributed by atoms with Gasteiger partial charge >= 0.3 is 0 Å². The molecule has 0 aromatic heterocycles. The molecule has 6 heteroatoms. The molecule has 0 saturated carbocycles. The van der Waals surface area contributed by atoms with Crippen LogP contribution in [0.1, 0.15) is 37.5 Å². The summed E-state index contributed by atoms with van der Waals surface area (Å²) < 4.78 is 18.9. The number of hydrogen-bond acceptors (Lipinski definition) is 3. The number of aryl methyl sites for hydroxylation is 1. The van der Waals surface area contributed by atoms with Crippen molar-refractivity contribution in [2.24, 2.45) is 0 Å².